The summed E-state index contributed by atoms with van der Waals surface area (Å²) in [5, 5.41) is 15.0. The molecule has 122 valence electrons. The third-order valence-electron chi connectivity index (χ3n) is 3.63. The maximum absolute atomic E-state index is 12.2. The number of hydrogen-bond donors (Lipinski definition) is 0. The van der Waals surface area contributed by atoms with Gasteiger partial charge in [-0.1, -0.05) is 17.7 Å². The van der Waals surface area contributed by atoms with Crippen LogP contribution in [0.25, 0.3) is 0 Å². The van der Waals surface area contributed by atoms with Gasteiger partial charge in [0.2, 0.25) is 0 Å². The van der Waals surface area contributed by atoms with Crippen molar-refractivity contribution < 1.29 is 14.5 Å². The van der Waals surface area contributed by atoms with Crippen LogP contribution in [0.2, 0.25) is 0 Å². The first-order valence-corrected chi connectivity index (χ1v) is 7.17. The molecule has 2 rings (SSSR count). The number of aryl methyl sites for hydroxylation is 4. The van der Waals surface area contributed by atoms with Crippen LogP contribution in [0.4, 0.5) is 5.69 Å². The van der Waals surface area contributed by atoms with Crippen LogP contribution in [0, 0.1) is 44.7 Å². The fourth-order valence-corrected chi connectivity index (χ4v) is 2.70. The van der Waals surface area contributed by atoms with Crippen molar-refractivity contribution in [1.29, 1.82) is 0 Å². The van der Waals surface area contributed by atoms with Gasteiger partial charge in [-0.3, -0.25) is 14.8 Å². The molecule has 0 bridgehead atoms. The van der Waals surface area contributed by atoms with Crippen molar-refractivity contribution in [2.45, 2.75) is 41.2 Å². The lowest BCUT2D eigenvalue weighted by Gasteiger charge is -2.12. The fourth-order valence-electron chi connectivity index (χ4n) is 2.70. The normalized spacial score (nSPS) is 10.7. The van der Waals surface area contributed by atoms with Gasteiger partial charge in [-0.15, -0.1) is 0 Å². The standard InChI is InChI=1S/C16H19N3O4/c1-9-6-10(2)16(11(3)7-9)23-14(20)8-18-13(5)15(19(21)22)12(4)17-18/h6-7H,8H2,1-5H3. The summed E-state index contributed by atoms with van der Waals surface area (Å²) in [6.07, 6.45) is 0. The number of carbonyl (C=O) groups excluding carboxylic acids is 1. The molecule has 0 saturated heterocycles. The summed E-state index contributed by atoms with van der Waals surface area (Å²) < 4.78 is 6.73. The van der Waals surface area contributed by atoms with E-state index in [1.807, 2.05) is 32.9 Å². The molecule has 0 amide bonds. The van der Waals surface area contributed by atoms with Gasteiger partial charge in [0, 0.05) is 0 Å². The number of aromatic nitrogens is 2. The van der Waals surface area contributed by atoms with Crippen LogP contribution in [0.5, 0.6) is 5.75 Å². The molecule has 7 nitrogen and oxygen atoms in total. The molecule has 1 heterocycles. The Hall–Kier alpha value is -2.70. The monoisotopic (exact) mass is 317 g/mol. The van der Waals surface area contributed by atoms with Gasteiger partial charge in [0.15, 0.2) is 0 Å². The van der Waals surface area contributed by atoms with Crippen molar-refractivity contribution in [3.05, 3.63) is 50.3 Å². The predicted molar refractivity (Wildman–Crippen MR) is 84.6 cm³/mol. The highest BCUT2D eigenvalue weighted by Crippen LogP contribution is 2.25. The molecular formula is C16H19N3O4. The lowest BCUT2D eigenvalue weighted by atomic mass is 10.1. The van der Waals surface area contributed by atoms with E-state index in [0.717, 1.165) is 16.7 Å². The zero-order valence-corrected chi connectivity index (χ0v) is 13.8. The van der Waals surface area contributed by atoms with E-state index in [2.05, 4.69) is 5.10 Å². The number of nitro groups is 1. The number of esters is 1. The largest absolute Gasteiger partial charge is 0.425 e. The summed E-state index contributed by atoms with van der Waals surface area (Å²) in [7, 11) is 0. The minimum absolute atomic E-state index is 0.0690. The summed E-state index contributed by atoms with van der Waals surface area (Å²) in [5.74, 6) is 0.0113. The Labute approximate surface area is 134 Å². The Morgan fingerprint density at radius 2 is 1.78 bits per heavy atom. The Morgan fingerprint density at radius 3 is 2.26 bits per heavy atom. The Bertz CT molecular complexity index is 770. The number of benzene rings is 1. The average Bonchev–Trinajstić information content (AvgIpc) is 2.68. The highest BCUT2D eigenvalue weighted by molar-refractivity contribution is 5.73. The molecule has 0 saturated carbocycles. The fraction of sp³-hybridized carbons (Fsp3) is 0.375. The summed E-state index contributed by atoms with van der Waals surface area (Å²) in [6.45, 7) is 8.65. The number of nitrogens with zero attached hydrogens (tertiary/aromatic N) is 3. The molecule has 1 aromatic carbocycles. The van der Waals surface area contributed by atoms with Crippen molar-refractivity contribution in [1.82, 2.24) is 9.78 Å². The molecule has 0 aliphatic rings. The van der Waals surface area contributed by atoms with Crippen LogP contribution in [0.1, 0.15) is 28.1 Å². The second-order valence-electron chi connectivity index (χ2n) is 5.64. The highest BCUT2D eigenvalue weighted by atomic mass is 16.6. The minimum Gasteiger partial charge on any atom is -0.425 e. The summed E-state index contributed by atoms with van der Waals surface area (Å²) >= 11 is 0. The molecule has 0 atom stereocenters. The molecule has 2 aromatic rings. The van der Waals surface area contributed by atoms with Crippen molar-refractivity contribution >= 4 is 11.7 Å². The van der Waals surface area contributed by atoms with Crippen LogP contribution in [-0.2, 0) is 11.3 Å². The van der Waals surface area contributed by atoms with Crippen LogP contribution in [0.15, 0.2) is 12.1 Å². The van der Waals surface area contributed by atoms with Gasteiger partial charge in [-0.2, -0.15) is 5.10 Å². The predicted octanol–water partition coefficient (Wildman–Crippen LogP) is 2.94. The zero-order valence-electron chi connectivity index (χ0n) is 13.8. The van der Waals surface area contributed by atoms with Crippen molar-refractivity contribution in [2.75, 3.05) is 0 Å². The Balaban J connectivity index is 2.21. The van der Waals surface area contributed by atoms with E-state index in [4.69, 9.17) is 4.74 Å². The maximum atomic E-state index is 12.2. The van der Waals surface area contributed by atoms with E-state index in [-0.39, 0.29) is 17.9 Å². The summed E-state index contributed by atoms with van der Waals surface area (Å²) in [4.78, 5) is 22.7. The molecule has 0 aliphatic heterocycles. The van der Waals surface area contributed by atoms with Gasteiger partial charge in [-0.25, -0.2) is 4.79 Å². The molecule has 0 radical (unpaired) electrons. The van der Waals surface area contributed by atoms with Gasteiger partial charge in [0.1, 0.15) is 23.7 Å². The number of carbonyl (C=O) groups is 1. The van der Waals surface area contributed by atoms with Gasteiger partial charge >= 0.3 is 11.7 Å². The van der Waals surface area contributed by atoms with E-state index in [1.54, 1.807) is 13.8 Å². The smallest absolute Gasteiger partial charge is 0.333 e. The molecule has 0 aliphatic carbocycles. The van der Waals surface area contributed by atoms with Crippen LogP contribution < -0.4 is 4.74 Å². The molecule has 23 heavy (non-hydrogen) atoms. The second-order valence-corrected chi connectivity index (χ2v) is 5.64. The topological polar surface area (TPSA) is 87.3 Å². The Morgan fingerprint density at radius 1 is 1.22 bits per heavy atom. The maximum Gasteiger partial charge on any atom is 0.333 e. The summed E-state index contributed by atoms with van der Waals surface area (Å²) in [5.41, 5.74) is 3.38. The molecular weight excluding hydrogens is 298 g/mol. The molecule has 0 unspecified atom stereocenters. The second kappa shape index (κ2) is 6.20. The van der Waals surface area contributed by atoms with Crippen molar-refractivity contribution in [3.63, 3.8) is 0 Å². The van der Waals surface area contributed by atoms with Gasteiger partial charge in [0.25, 0.3) is 0 Å². The van der Waals surface area contributed by atoms with E-state index in [9.17, 15) is 14.9 Å². The minimum atomic E-state index is -0.513. The van der Waals surface area contributed by atoms with Gasteiger partial charge < -0.3 is 4.74 Å². The third kappa shape index (κ3) is 3.39. The summed E-state index contributed by atoms with van der Waals surface area (Å²) in [6, 6.07) is 3.87. The first kappa shape index (κ1) is 16.7. The first-order valence-electron chi connectivity index (χ1n) is 7.17. The number of ether oxygens (including phenoxy) is 1. The van der Waals surface area contributed by atoms with E-state index < -0.39 is 10.9 Å². The van der Waals surface area contributed by atoms with Gasteiger partial charge in [0.05, 0.1) is 4.92 Å². The zero-order chi connectivity index (χ0) is 17.3. The molecule has 0 fully saturated rings. The van der Waals surface area contributed by atoms with Crippen LogP contribution >= 0.6 is 0 Å². The molecule has 0 spiro atoms. The quantitative estimate of drug-likeness (QED) is 0.374. The van der Waals surface area contributed by atoms with Crippen molar-refractivity contribution in [2.24, 2.45) is 0 Å². The van der Waals surface area contributed by atoms with Crippen LogP contribution in [-0.4, -0.2) is 20.7 Å². The van der Waals surface area contributed by atoms with E-state index in [1.165, 1.54) is 4.68 Å². The van der Waals surface area contributed by atoms with E-state index >= 15 is 0 Å². The number of hydrogen-bond acceptors (Lipinski definition) is 5. The lowest BCUT2D eigenvalue weighted by Crippen LogP contribution is -2.19. The lowest BCUT2D eigenvalue weighted by molar-refractivity contribution is -0.386. The average molecular weight is 317 g/mol. The highest BCUT2D eigenvalue weighted by Gasteiger charge is 2.23. The first-order chi connectivity index (χ1) is 10.7. The molecule has 7 heteroatoms. The SMILES string of the molecule is Cc1cc(C)c(OC(=O)Cn2nc(C)c([N+](=O)[O-])c2C)c(C)c1. The van der Waals surface area contributed by atoms with E-state index in [0.29, 0.717) is 11.4 Å². The van der Waals surface area contributed by atoms with Gasteiger partial charge in [-0.05, 0) is 45.7 Å². The Kier molecular flexibility index (Phi) is 4.49. The third-order valence-corrected chi connectivity index (χ3v) is 3.63. The van der Waals surface area contributed by atoms with Crippen LogP contribution in [0.3, 0.4) is 0 Å². The van der Waals surface area contributed by atoms with Crippen molar-refractivity contribution in [3.8, 4) is 5.75 Å². The molecule has 1 aromatic heterocycles. The number of rotatable bonds is 4. The molecule has 0 N–H and O–H groups in total.